The van der Waals surface area contributed by atoms with Crippen LogP contribution in [0.15, 0.2) is 71.7 Å². The molecule has 0 fully saturated rings. The van der Waals surface area contributed by atoms with Gasteiger partial charge in [0.25, 0.3) is 0 Å². The molecular weight excluding hydrogens is 421 g/mol. The second-order valence-electron chi connectivity index (χ2n) is 8.17. The first-order valence-electron chi connectivity index (χ1n) is 10.4. The Morgan fingerprint density at radius 3 is 2.48 bits per heavy atom. The van der Waals surface area contributed by atoms with E-state index >= 15 is 0 Å². The van der Waals surface area contributed by atoms with Gasteiger partial charge in [-0.15, -0.1) is 0 Å². The molecule has 0 aliphatic rings. The fourth-order valence-corrected chi connectivity index (χ4v) is 3.83. The highest BCUT2D eigenvalue weighted by Crippen LogP contribution is 2.32. The lowest BCUT2D eigenvalue weighted by Gasteiger charge is -2.11. The van der Waals surface area contributed by atoms with Crippen LogP contribution in [-0.2, 0) is 17.8 Å². The minimum atomic E-state index is -0.937. The summed E-state index contributed by atoms with van der Waals surface area (Å²) >= 11 is 0. The van der Waals surface area contributed by atoms with E-state index in [-0.39, 0.29) is 12.3 Å². The van der Waals surface area contributed by atoms with Crippen molar-refractivity contribution in [3.63, 3.8) is 0 Å². The van der Waals surface area contributed by atoms with E-state index in [1.54, 1.807) is 24.3 Å². The van der Waals surface area contributed by atoms with Crippen molar-refractivity contribution in [1.82, 2.24) is 9.88 Å². The molecule has 0 unspecified atom stereocenters. The number of nitrogens with zero attached hydrogens (tertiary/aromatic N) is 2. The van der Waals surface area contributed by atoms with Crippen molar-refractivity contribution in [2.45, 2.75) is 13.0 Å². The Balaban J connectivity index is 1.88. The molecule has 4 rings (SSSR count). The smallest absolute Gasteiger partial charge is 0.307 e. The van der Waals surface area contributed by atoms with E-state index in [0.717, 1.165) is 12.1 Å². The molecule has 168 valence electrons. The third kappa shape index (κ3) is 5.10. The largest absolute Gasteiger partial charge is 0.494 e. The molecule has 3 N–H and O–H groups in total. The number of carboxylic acid groups (broad SMARTS) is 1. The van der Waals surface area contributed by atoms with Crippen molar-refractivity contribution in [3.05, 3.63) is 94.8 Å². The maximum absolute atomic E-state index is 13.8. The van der Waals surface area contributed by atoms with Crippen molar-refractivity contribution in [2.75, 3.05) is 14.1 Å². The number of nitrogens with one attached hydrogen (secondary N) is 1. The Morgan fingerprint density at radius 2 is 1.79 bits per heavy atom. The molecule has 1 heterocycles. The summed E-state index contributed by atoms with van der Waals surface area (Å²) in [5.41, 5.74) is 4.39. The van der Waals surface area contributed by atoms with Crippen molar-refractivity contribution >= 4 is 28.3 Å². The highest BCUT2D eigenvalue weighted by molar-refractivity contribution is 6.22. The number of aliphatic carboxylic acids is 1. The molecule has 0 aliphatic heterocycles. The first-order chi connectivity index (χ1) is 15.8. The number of fused-ring (bicyclic) bond motifs is 1. The summed E-state index contributed by atoms with van der Waals surface area (Å²) in [5.74, 6) is -1.50. The van der Waals surface area contributed by atoms with Crippen LogP contribution in [0.25, 0.3) is 10.9 Å². The first-order valence-corrected chi connectivity index (χ1v) is 10.4. The van der Waals surface area contributed by atoms with Gasteiger partial charge in [0.2, 0.25) is 0 Å². The van der Waals surface area contributed by atoms with Crippen LogP contribution in [-0.4, -0.2) is 45.9 Å². The number of benzene rings is 3. The molecule has 6 nitrogen and oxygen atoms in total. The quantitative estimate of drug-likeness (QED) is 0.354. The summed E-state index contributed by atoms with van der Waals surface area (Å²) in [5, 5.41) is 20.5. The van der Waals surface area contributed by atoms with Crippen molar-refractivity contribution < 1.29 is 19.4 Å². The summed E-state index contributed by atoms with van der Waals surface area (Å²) in [4.78, 5) is 20.9. The van der Waals surface area contributed by atoms with E-state index in [9.17, 15) is 19.4 Å². The molecule has 1 aromatic heterocycles. The topological polar surface area (TPSA) is 88.9 Å². The van der Waals surface area contributed by atoms with Gasteiger partial charge in [0.1, 0.15) is 5.82 Å². The van der Waals surface area contributed by atoms with Gasteiger partial charge in [-0.1, -0.05) is 30.3 Å². The second kappa shape index (κ2) is 9.26. The van der Waals surface area contributed by atoms with E-state index in [1.807, 2.05) is 44.4 Å². The number of H-pyrrole nitrogens is 1. The lowest BCUT2D eigenvalue weighted by Crippen LogP contribution is -2.10. The van der Waals surface area contributed by atoms with Gasteiger partial charge in [-0.25, -0.2) is 9.38 Å². The zero-order valence-corrected chi connectivity index (χ0v) is 18.3. The van der Waals surface area contributed by atoms with Gasteiger partial charge in [-0.2, -0.15) is 0 Å². The van der Waals surface area contributed by atoms with Crippen molar-refractivity contribution in [3.8, 4) is 5.88 Å². The summed E-state index contributed by atoms with van der Waals surface area (Å²) in [6.07, 6.45) is -0.134. The minimum Gasteiger partial charge on any atom is -0.494 e. The maximum Gasteiger partial charge on any atom is 0.307 e. The monoisotopic (exact) mass is 445 g/mol. The number of carbonyl (C=O) groups is 1. The zero-order chi connectivity index (χ0) is 23.5. The van der Waals surface area contributed by atoms with E-state index in [4.69, 9.17) is 4.99 Å². The third-order valence-electron chi connectivity index (χ3n) is 5.21. The number of hydrogen-bond acceptors (Lipinski definition) is 4. The fraction of sp³-hybridized carbons (Fsp3) is 0.154. The number of aromatic amines is 1. The number of aromatic nitrogens is 1. The highest BCUT2D eigenvalue weighted by atomic mass is 19.1. The fourth-order valence-electron chi connectivity index (χ4n) is 3.83. The molecular formula is C26H24FN3O3. The van der Waals surface area contributed by atoms with Gasteiger partial charge < -0.3 is 20.1 Å². The van der Waals surface area contributed by atoms with Crippen molar-refractivity contribution in [1.29, 1.82) is 0 Å². The number of hydrogen-bond donors (Lipinski definition) is 3. The van der Waals surface area contributed by atoms with Crippen LogP contribution < -0.4 is 0 Å². The normalized spacial score (nSPS) is 11.9. The molecule has 0 aliphatic carbocycles. The number of aliphatic imine (C=N–C) groups is 1. The minimum absolute atomic E-state index is 0.134. The Labute approximate surface area is 190 Å². The Bertz CT molecular complexity index is 1340. The summed E-state index contributed by atoms with van der Waals surface area (Å²) in [6.45, 7) is 0.795. The second-order valence-corrected chi connectivity index (χ2v) is 8.17. The molecule has 0 saturated heterocycles. The van der Waals surface area contributed by atoms with Gasteiger partial charge in [-0.3, -0.25) is 4.79 Å². The van der Waals surface area contributed by atoms with Gasteiger partial charge in [0.15, 0.2) is 5.88 Å². The van der Waals surface area contributed by atoms with Crippen LogP contribution in [0.2, 0.25) is 0 Å². The van der Waals surface area contributed by atoms with Crippen LogP contribution in [0.3, 0.4) is 0 Å². The molecule has 3 aromatic carbocycles. The average Bonchev–Trinajstić information content (AvgIpc) is 3.07. The SMILES string of the molecule is CN(C)Cc1ccc(N=C(c2cccc(CC(=O)O)c2)c2c(O)[nH]c3cc(F)ccc23)cc1. The van der Waals surface area contributed by atoms with Gasteiger partial charge >= 0.3 is 5.97 Å². The lowest BCUT2D eigenvalue weighted by atomic mass is 9.98. The van der Waals surface area contributed by atoms with Crippen LogP contribution in [0.1, 0.15) is 22.3 Å². The summed E-state index contributed by atoms with van der Waals surface area (Å²) in [6, 6.07) is 19.0. The predicted molar refractivity (Wildman–Crippen MR) is 127 cm³/mol. The van der Waals surface area contributed by atoms with E-state index < -0.39 is 11.8 Å². The lowest BCUT2D eigenvalue weighted by molar-refractivity contribution is -0.136. The van der Waals surface area contributed by atoms with E-state index in [2.05, 4.69) is 9.88 Å². The molecule has 0 atom stereocenters. The Hall–Kier alpha value is -3.97. The van der Waals surface area contributed by atoms with Crippen LogP contribution in [0, 0.1) is 5.82 Å². The maximum atomic E-state index is 13.8. The predicted octanol–water partition coefficient (Wildman–Crippen LogP) is 4.87. The van der Waals surface area contributed by atoms with E-state index in [1.165, 1.54) is 12.1 Å². The molecule has 33 heavy (non-hydrogen) atoms. The van der Waals surface area contributed by atoms with Gasteiger partial charge in [0, 0.05) is 17.5 Å². The van der Waals surface area contributed by atoms with E-state index in [0.29, 0.717) is 39.0 Å². The molecule has 4 aromatic rings. The Kier molecular flexibility index (Phi) is 6.24. The summed E-state index contributed by atoms with van der Waals surface area (Å²) < 4.78 is 13.8. The first kappa shape index (κ1) is 22.2. The van der Waals surface area contributed by atoms with Crippen molar-refractivity contribution in [2.24, 2.45) is 4.99 Å². The molecule has 0 spiro atoms. The van der Waals surface area contributed by atoms with Crippen LogP contribution in [0.5, 0.6) is 5.88 Å². The van der Waals surface area contributed by atoms with Gasteiger partial charge in [-0.05, 0) is 61.6 Å². The zero-order valence-electron chi connectivity index (χ0n) is 18.3. The Morgan fingerprint density at radius 1 is 1.03 bits per heavy atom. The number of rotatable bonds is 7. The molecule has 0 saturated carbocycles. The molecule has 0 amide bonds. The third-order valence-corrected chi connectivity index (χ3v) is 5.21. The number of aromatic hydroxyl groups is 1. The van der Waals surface area contributed by atoms with Crippen LogP contribution >= 0.6 is 0 Å². The van der Waals surface area contributed by atoms with Gasteiger partial charge in [0.05, 0.1) is 28.9 Å². The highest BCUT2D eigenvalue weighted by Gasteiger charge is 2.19. The standard InChI is InChI=1S/C26H24FN3O3/c1-30(2)15-16-6-9-20(10-7-16)28-25(18-5-3-4-17(12-18)13-23(31)32)24-21-11-8-19(27)14-22(21)29-26(24)33/h3-12,14,29,33H,13,15H2,1-2H3,(H,31,32). The molecule has 0 bridgehead atoms. The number of halogens is 1. The van der Waals surface area contributed by atoms with Crippen LogP contribution in [0.4, 0.5) is 10.1 Å². The average molecular weight is 445 g/mol. The molecule has 7 heteroatoms. The molecule has 0 radical (unpaired) electrons. The summed E-state index contributed by atoms with van der Waals surface area (Å²) in [7, 11) is 3.99. The number of carboxylic acids is 1.